The van der Waals surface area contributed by atoms with Gasteiger partial charge in [-0.15, -0.1) is 0 Å². The van der Waals surface area contributed by atoms with Crippen LogP contribution in [0.2, 0.25) is 0 Å². The van der Waals surface area contributed by atoms with Crippen LogP contribution in [0.5, 0.6) is 0 Å². The van der Waals surface area contributed by atoms with Gasteiger partial charge in [-0.3, -0.25) is 0 Å². The summed E-state index contributed by atoms with van der Waals surface area (Å²) in [6.45, 7) is 0. The van der Waals surface area contributed by atoms with Gasteiger partial charge in [0.25, 0.3) is 0 Å². The Bertz CT molecular complexity index is 247. The van der Waals surface area contributed by atoms with Gasteiger partial charge in [0, 0.05) is 0 Å². The van der Waals surface area contributed by atoms with Crippen molar-refractivity contribution in [3.05, 3.63) is 23.3 Å². The van der Waals surface area contributed by atoms with E-state index in [0.717, 1.165) is 0 Å². The van der Waals surface area contributed by atoms with Crippen LogP contribution in [0.4, 0.5) is 0 Å². The Balaban J connectivity index is -0.000000722. The van der Waals surface area contributed by atoms with E-state index in [1.807, 2.05) is 0 Å². The largest absolute Gasteiger partial charge is 3.00 e. The van der Waals surface area contributed by atoms with Crippen molar-refractivity contribution in [1.29, 1.82) is 0 Å². The van der Waals surface area contributed by atoms with Gasteiger partial charge in [-0.05, 0) is 62.5 Å². The third-order valence-electron chi connectivity index (χ3n) is 3.99. The van der Waals surface area contributed by atoms with Crippen molar-refractivity contribution in [3.8, 4) is 0 Å². The van der Waals surface area contributed by atoms with E-state index in [1.54, 1.807) is 11.1 Å². The van der Waals surface area contributed by atoms with Gasteiger partial charge < -0.3 is 37.2 Å². The molecule has 20 heavy (non-hydrogen) atoms. The second kappa shape index (κ2) is 16.3. The maximum Gasteiger partial charge on any atom is 3.00 e. The van der Waals surface area contributed by atoms with Crippen molar-refractivity contribution in [2.75, 3.05) is 0 Å². The molecule has 0 nitrogen and oxygen atoms in total. The quantitative estimate of drug-likeness (QED) is 0.382. The minimum atomic E-state index is 0. The van der Waals surface area contributed by atoms with Gasteiger partial charge in [0.15, 0.2) is 0 Å². The minimum Gasteiger partial charge on any atom is -1.00 e. The van der Waals surface area contributed by atoms with E-state index in [1.165, 1.54) is 77.0 Å². The first-order chi connectivity index (χ1) is 7.97. The Hall–Kier alpha value is 0.973. The van der Waals surface area contributed by atoms with E-state index >= 15 is 0 Å². The summed E-state index contributed by atoms with van der Waals surface area (Å²) in [5.74, 6) is 0. The van der Waals surface area contributed by atoms with Gasteiger partial charge in [-0.1, -0.05) is 37.8 Å². The number of allylic oxidation sites excluding steroid dienone is 4. The molecule has 0 amide bonds. The second-order valence-electron chi connectivity index (χ2n) is 5.36. The van der Waals surface area contributed by atoms with Crippen LogP contribution in [-0.2, 0) is 19.5 Å². The molecular formula is C16H26Cl3Rh. The molecule has 0 radical (unpaired) electrons. The second-order valence-corrected chi connectivity index (χ2v) is 5.36. The molecule has 0 aliphatic heterocycles. The van der Waals surface area contributed by atoms with E-state index in [-0.39, 0.29) is 56.7 Å². The zero-order valence-electron chi connectivity index (χ0n) is 12.1. The maximum absolute atomic E-state index is 2.55. The van der Waals surface area contributed by atoms with Crippen LogP contribution in [-0.4, -0.2) is 0 Å². The maximum atomic E-state index is 2.55. The van der Waals surface area contributed by atoms with Crippen molar-refractivity contribution >= 4 is 0 Å². The van der Waals surface area contributed by atoms with E-state index in [2.05, 4.69) is 12.2 Å². The van der Waals surface area contributed by atoms with Crippen molar-refractivity contribution in [3.63, 3.8) is 0 Å². The fourth-order valence-corrected chi connectivity index (χ4v) is 2.97. The van der Waals surface area contributed by atoms with Gasteiger partial charge in [-0.25, -0.2) is 0 Å². The first-order valence-electron chi connectivity index (χ1n) is 7.35. The third-order valence-corrected chi connectivity index (χ3v) is 3.99. The summed E-state index contributed by atoms with van der Waals surface area (Å²) < 4.78 is 0. The smallest absolute Gasteiger partial charge is 1.00 e. The zero-order valence-corrected chi connectivity index (χ0v) is 16.0. The molecule has 0 atom stereocenters. The molecule has 0 spiro atoms. The van der Waals surface area contributed by atoms with Crippen LogP contribution in [0.25, 0.3) is 0 Å². The molecule has 0 fully saturated rings. The minimum absolute atomic E-state index is 0. The summed E-state index contributed by atoms with van der Waals surface area (Å²) >= 11 is 0. The van der Waals surface area contributed by atoms with Crippen LogP contribution in [0.15, 0.2) is 23.3 Å². The van der Waals surface area contributed by atoms with Crippen LogP contribution in [0.1, 0.15) is 77.0 Å². The fourth-order valence-electron chi connectivity index (χ4n) is 2.97. The molecule has 0 aromatic heterocycles. The monoisotopic (exact) mass is 426 g/mol. The summed E-state index contributed by atoms with van der Waals surface area (Å²) in [7, 11) is 0. The molecule has 0 N–H and O–H groups in total. The van der Waals surface area contributed by atoms with Crippen LogP contribution < -0.4 is 37.2 Å². The van der Waals surface area contributed by atoms with Gasteiger partial charge in [-0.2, -0.15) is 0 Å². The van der Waals surface area contributed by atoms with Crippen LogP contribution in [0.3, 0.4) is 0 Å². The SMILES string of the molecule is C1=C(C2=CCCCCCC2)CCCCCC1.[Cl-].[Cl-].[Cl-].[Rh+3]. The van der Waals surface area contributed by atoms with Crippen molar-refractivity contribution in [2.45, 2.75) is 77.0 Å². The molecule has 4 heteroatoms. The topological polar surface area (TPSA) is 0 Å². The Kier molecular flexibility index (Phi) is 21.2. The number of hydrogen-bond donors (Lipinski definition) is 0. The van der Waals surface area contributed by atoms with Crippen LogP contribution in [0, 0.1) is 0 Å². The molecule has 0 unspecified atom stereocenters. The van der Waals surface area contributed by atoms with E-state index in [0.29, 0.717) is 0 Å². The van der Waals surface area contributed by atoms with Gasteiger partial charge in [0.05, 0.1) is 0 Å². The number of hydrogen-bond acceptors (Lipinski definition) is 0. The van der Waals surface area contributed by atoms with Crippen LogP contribution >= 0.6 is 0 Å². The molecule has 0 heterocycles. The molecule has 2 rings (SSSR count). The van der Waals surface area contributed by atoms with E-state index in [9.17, 15) is 0 Å². The van der Waals surface area contributed by atoms with Gasteiger partial charge in [0.1, 0.15) is 0 Å². The number of rotatable bonds is 1. The summed E-state index contributed by atoms with van der Waals surface area (Å²) in [6, 6.07) is 0. The Morgan fingerprint density at radius 3 is 1.25 bits per heavy atom. The molecular weight excluding hydrogens is 401 g/mol. The molecule has 0 saturated carbocycles. The molecule has 2 aliphatic carbocycles. The van der Waals surface area contributed by atoms with Crippen molar-refractivity contribution in [1.82, 2.24) is 0 Å². The Morgan fingerprint density at radius 2 is 0.850 bits per heavy atom. The Labute approximate surface area is 156 Å². The first-order valence-corrected chi connectivity index (χ1v) is 7.35. The standard InChI is InChI=1S/C16H26.3ClH.Rh/c1-3-7-11-15(12-8-4-1)16-13-9-5-2-6-10-14-16;;;;/h11,13H,1-10,12,14H2;3*1H;/q;;;;+3/p-3. The van der Waals surface area contributed by atoms with E-state index < -0.39 is 0 Å². The summed E-state index contributed by atoms with van der Waals surface area (Å²) in [5.41, 5.74) is 3.42. The third kappa shape index (κ3) is 9.83. The molecule has 2 aliphatic rings. The van der Waals surface area contributed by atoms with E-state index in [4.69, 9.17) is 0 Å². The average Bonchev–Trinajstić information content (AvgIpc) is 2.18. The predicted octanol–water partition coefficient (Wildman–Crippen LogP) is -3.44. The molecule has 120 valence electrons. The van der Waals surface area contributed by atoms with Gasteiger partial charge in [0.2, 0.25) is 0 Å². The Morgan fingerprint density at radius 1 is 0.500 bits per heavy atom. The normalized spacial score (nSPS) is 19.6. The fraction of sp³-hybridized carbons (Fsp3) is 0.750. The summed E-state index contributed by atoms with van der Waals surface area (Å²) in [4.78, 5) is 0. The van der Waals surface area contributed by atoms with Crippen molar-refractivity contribution < 1.29 is 56.7 Å². The molecule has 0 aromatic rings. The first kappa shape index (κ1) is 25.9. The summed E-state index contributed by atoms with van der Waals surface area (Å²) in [6.07, 6.45) is 21.9. The van der Waals surface area contributed by atoms with Crippen molar-refractivity contribution in [2.24, 2.45) is 0 Å². The molecule has 0 saturated heterocycles. The number of halogens is 3. The van der Waals surface area contributed by atoms with Gasteiger partial charge >= 0.3 is 19.5 Å². The molecule has 0 bridgehead atoms. The predicted molar refractivity (Wildman–Crippen MR) is 71.6 cm³/mol. The summed E-state index contributed by atoms with van der Waals surface area (Å²) in [5, 5.41) is 0. The average molecular weight is 428 g/mol. The zero-order chi connectivity index (χ0) is 11.1. The molecule has 0 aromatic carbocycles.